The molecule has 0 saturated carbocycles. The molecule has 1 amide bonds. The van der Waals surface area contributed by atoms with Crippen LogP contribution in [0.25, 0.3) is 0 Å². The maximum absolute atomic E-state index is 12.5. The fourth-order valence-corrected chi connectivity index (χ4v) is 4.23. The Morgan fingerprint density at radius 1 is 1.29 bits per heavy atom. The lowest BCUT2D eigenvalue weighted by atomic mass is 9.97. The molecule has 1 saturated heterocycles. The lowest BCUT2D eigenvalue weighted by molar-refractivity contribution is -0.126. The molecule has 1 N–H and O–H groups in total. The first-order chi connectivity index (χ1) is 11.4. The van der Waals surface area contributed by atoms with Gasteiger partial charge in [0.05, 0.1) is 17.7 Å². The van der Waals surface area contributed by atoms with E-state index < -0.39 is 10.0 Å². The van der Waals surface area contributed by atoms with Crippen molar-refractivity contribution in [3.05, 3.63) is 35.4 Å². The molecule has 0 radical (unpaired) electrons. The SMILES string of the molecule is CCc1ccc([C@@H](C)NC(=O)[C@@H]2CCCN(S(=O)(=O)CC)C2)cc1. The van der Waals surface area contributed by atoms with Crippen molar-refractivity contribution >= 4 is 15.9 Å². The summed E-state index contributed by atoms with van der Waals surface area (Å²) in [5.41, 5.74) is 2.33. The molecule has 0 unspecified atom stereocenters. The third-order valence-electron chi connectivity index (χ3n) is 4.76. The molecule has 1 aliphatic heterocycles. The van der Waals surface area contributed by atoms with Crippen LogP contribution < -0.4 is 5.32 Å². The predicted molar refractivity (Wildman–Crippen MR) is 96.1 cm³/mol. The highest BCUT2D eigenvalue weighted by atomic mass is 32.2. The number of nitrogens with one attached hydrogen (secondary N) is 1. The molecule has 1 fully saturated rings. The molecule has 24 heavy (non-hydrogen) atoms. The van der Waals surface area contributed by atoms with Gasteiger partial charge in [-0.15, -0.1) is 0 Å². The van der Waals surface area contributed by atoms with Gasteiger partial charge in [0.25, 0.3) is 0 Å². The average molecular weight is 353 g/mol. The third kappa shape index (κ3) is 4.57. The van der Waals surface area contributed by atoms with Gasteiger partial charge in [-0.2, -0.15) is 0 Å². The fourth-order valence-electron chi connectivity index (χ4n) is 3.05. The van der Waals surface area contributed by atoms with Crippen LogP contribution in [0.15, 0.2) is 24.3 Å². The fraction of sp³-hybridized carbons (Fsp3) is 0.611. The number of hydrogen-bond donors (Lipinski definition) is 1. The van der Waals surface area contributed by atoms with E-state index in [9.17, 15) is 13.2 Å². The summed E-state index contributed by atoms with van der Waals surface area (Å²) >= 11 is 0. The summed E-state index contributed by atoms with van der Waals surface area (Å²) in [5.74, 6) is -0.239. The van der Waals surface area contributed by atoms with Crippen LogP contribution in [0.3, 0.4) is 0 Å². The molecule has 1 aliphatic rings. The molecule has 0 aromatic heterocycles. The van der Waals surface area contributed by atoms with Gasteiger partial charge < -0.3 is 5.32 Å². The van der Waals surface area contributed by atoms with E-state index in [2.05, 4.69) is 24.4 Å². The molecule has 2 atom stereocenters. The quantitative estimate of drug-likeness (QED) is 0.855. The zero-order valence-electron chi connectivity index (χ0n) is 14.8. The van der Waals surface area contributed by atoms with Crippen LogP contribution in [-0.2, 0) is 21.2 Å². The minimum absolute atomic E-state index is 0.0573. The number of carbonyl (C=O) groups is 1. The van der Waals surface area contributed by atoms with E-state index in [1.54, 1.807) is 6.92 Å². The highest BCUT2D eigenvalue weighted by Gasteiger charge is 2.31. The number of carbonyl (C=O) groups excluding carboxylic acids is 1. The highest BCUT2D eigenvalue weighted by molar-refractivity contribution is 7.89. The Balaban J connectivity index is 1.98. The summed E-state index contributed by atoms with van der Waals surface area (Å²) in [4.78, 5) is 12.5. The molecule has 0 aliphatic carbocycles. The molecule has 1 aromatic carbocycles. The Kier molecular flexibility index (Phi) is 6.40. The second kappa shape index (κ2) is 8.12. The first-order valence-corrected chi connectivity index (χ1v) is 10.3. The Bertz CT molecular complexity index is 655. The summed E-state index contributed by atoms with van der Waals surface area (Å²) in [7, 11) is -3.22. The standard InChI is InChI=1S/C18H28N2O3S/c1-4-15-8-10-16(11-9-15)14(3)19-18(21)17-7-6-12-20(13-17)24(22,23)5-2/h8-11,14,17H,4-7,12-13H2,1-3H3,(H,19,21)/t14-,17-/m1/s1. The highest BCUT2D eigenvalue weighted by Crippen LogP contribution is 2.21. The number of piperidine rings is 1. The van der Waals surface area contributed by atoms with Gasteiger partial charge in [-0.1, -0.05) is 31.2 Å². The second-order valence-electron chi connectivity index (χ2n) is 6.42. The van der Waals surface area contributed by atoms with E-state index in [0.717, 1.165) is 24.8 Å². The van der Waals surface area contributed by atoms with E-state index >= 15 is 0 Å². The normalized spacial score (nSPS) is 20.5. The number of aryl methyl sites for hydroxylation is 1. The van der Waals surface area contributed by atoms with Crippen molar-refractivity contribution in [3.8, 4) is 0 Å². The van der Waals surface area contributed by atoms with Crippen molar-refractivity contribution in [2.24, 2.45) is 5.92 Å². The van der Waals surface area contributed by atoms with Gasteiger partial charge in [0.15, 0.2) is 0 Å². The number of benzene rings is 1. The zero-order chi connectivity index (χ0) is 17.7. The third-order valence-corrected chi connectivity index (χ3v) is 6.61. The van der Waals surface area contributed by atoms with Gasteiger partial charge in [0.2, 0.25) is 15.9 Å². The Labute approximate surface area is 145 Å². The second-order valence-corrected chi connectivity index (χ2v) is 8.68. The van der Waals surface area contributed by atoms with Crippen molar-refractivity contribution in [1.29, 1.82) is 0 Å². The minimum Gasteiger partial charge on any atom is -0.349 e. The van der Waals surface area contributed by atoms with Gasteiger partial charge in [0.1, 0.15) is 0 Å². The molecule has 0 spiro atoms. The molecule has 2 rings (SSSR count). The lowest BCUT2D eigenvalue weighted by Crippen LogP contribution is -2.46. The van der Waals surface area contributed by atoms with Crippen molar-refractivity contribution < 1.29 is 13.2 Å². The smallest absolute Gasteiger partial charge is 0.224 e. The number of nitrogens with zero attached hydrogens (tertiary/aromatic N) is 1. The summed E-state index contributed by atoms with van der Waals surface area (Å²) in [6.07, 6.45) is 2.46. The Morgan fingerprint density at radius 2 is 1.96 bits per heavy atom. The van der Waals surface area contributed by atoms with Gasteiger partial charge in [-0.3, -0.25) is 4.79 Å². The number of sulfonamides is 1. The number of hydrogen-bond acceptors (Lipinski definition) is 3. The molecule has 1 aromatic rings. The molecule has 134 valence electrons. The molecule has 1 heterocycles. The van der Waals surface area contributed by atoms with E-state index in [1.807, 2.05) is 19.1 Å². The average Bonchev–Trinajstić information content (AvgIpc) is 2.61. The van der Waals surface area contributed by atoms with Crippen LogP contribution in [-0.4, -0.2) is 37.5 Å². The van der Waals surface area contributed by atoms with Gasteiger partial charge in [0, 0.05) is 13.1 Å². The van der Waals surface area contributed by atoms with Crippen LogP contribution >= 0.6 is 0 Å². The summed E-state index contributed by atoms with van der Waals surface area (Å²) in [6.45, 7) is 6.53. The first-order valence-electron chi connectivity index (χ1n) is 8.74. The van der Waals surface area contributed by atoms with Gasteiger partial charge >= 0.3 is 0 Å². The molecular weight excluding hydrogens is 324 g/mol. The van der Waals surface area contributed by atoms with E-state index in [1.165, 1.54) is 9.87 Å². The summed E-state index contributed by atoms with van der Waals surface area (Å²) in [5, 5.41) is 3.03. The number of amides is 1. The van der Waals surface area contributed by atoms with Crippen molar-refractivity contribution in [2.45, 2.75) is 46.1 Å². The maximum Gasteiger partial charge on any atom is 0.224 e. The van der Waals surface area contributed by atoms with Gasteiger partial charge in [-0.25, -0.2) is 12.7 Å². The minimum atomic E-state index is -3.22. The van der Waals surface area contributed by atoms with E-state index in [0.29, 0.717) is 13.1 Å². The molecular formula is C18H28N2O3S. The van der Waals surface area contributed by atoms with Crippen molar-refractivity contribution in [3.63, 3.8) is 0 Å². The topological polar surface area (TPSA) is 66.5 Å². The maximum atomic E-state index is 12.5. The van der Waals surface area contributed by atoms with E-state index in [-0.39, 0.29) is 23.6 Å². The molecule has 0 bridgehead atoms. The lowest BCUT2D eigenvalue weighted by Gasteiger charge is -2.31. The Morgan fingerprint density at radius 3 is 2.54 bits per heavy atom. The molecule has 6 heteroatoms. The van der Waals surface area contributed by atoms with Crippen molar-refractivity contribution in [2.75, 3.05) is 18.8 Å². The van der Waals surface area contributed by atoms with Crippen LogP contribution in [0, 0.1) is 5.92 Å². The predicted octanol–water partition coefficient (Wildman–Crippen LogP) is 2.49. The van der Waals surface area contributed by atoms with Crippen LogP contribution in [0.4, 0.5) is 0 Å². The Hall–Kier alpha value is -1.40. The number of rotatable bonds is 6. The first kappa shape index (κ1) is 18.9. The van der Waals surface area contributed by atoms with E-state index in [4.69, 9.17) is 0 Å². The van der Waals surface area contributed by atoms with Crippen molar-refractivity contribution in [1.82, 2.24) is 9.62 Å². The summed E-state index contributed by atoms with van der Waals surface area (Å²) in [6, 6.07) is 8.15. The van der Waals surface area contributed by atoms with Gasteiger partial charge in [-0.05, 0) is 44.2 Å². The monoisotopic (exact) mass is 352 g/mol. The zero-order valence-corrected chi connectivity index (χ0v) is 15.6. The van der Waals surface area contributed by atoms with Crippen LogP contribution in [0.5, 0.6) is 0 Å². The molecule has 5 nitrogen and oxygen atoms in total. The summed E-state index contributed by atoms with van der Waals surface area (Å²) < 4.78 is 25.5. The van der Waals surface area contributed by atoms with Crippen LogP contribution in [0.2, 0.25) is 0 Å². The largest absolute Gasteiger partial charge is 0.349 e. The van der Waals surface area contributed by atoms with Crippen LogP contribution in [0.1, 0.15) is 50.8 Å².